The SMILES string of the molecule is CCNC(=NCC(C)(O)c1ccco1)NCCOc1ccc2c(c1)CCC(=O)N2.I. The van der Waals surface area contributed by atoms with Gasteiger partial charge >= 0.3 is 0 Å². The molecule has 1 amide bonds. The van der Waals surface area contributed by atoms with Crippen molar-refractivity contribution in [3.8, 4) is 5.75 Å². The summed E-state index contributed by atoms with van der Waals surface area (Å²) in [5.74, 6) is 1.89. The highest BCUT2D eigenvalue weighted by molar-refractivity contribution is 14.0. The molecule has 0 fully saturated rings. The van der Waals surface area contributed by atoms with Gasteiger partial charge in [-0.25, -0.2) is 4.99 Å². The number of fused-ring (bicyclic) bond motifs is 1. The Morgan fingerprint density at radius 1 is 1.33 bits per heavy atom. The van der Waals surface area contributed by atoms with Crippen LogP contribution in [0.1, 0.15) is 31.6 Å². The molecule has 3 rings (SSSR count). The minimum absolute atomic E-state index is 0. The molecule has 1 aliphatic heterocycles. The van der Waals surface area contributed by atoms with Crippen LogP contribution in [0, 0.1) is 0 Å². The van der Waals surface area contributed by atoms with Gasteiger partial charge in [0.2, 0.25) is 5.91 Å². The number of guanidine groups is 1. The van der Waals surface area contributed by atoms with Gasteiger partial charge in [-0.1, -0.05) is 0 Å². The number of nitrogens with one attached hydrogen (secondary N) is 3. The van der Waals surface area contributed by atoms with E-state index in [4.69, 9.17) is 9.15 Å². The summed E-state index contributed by atoms with van der Waals surface area (Å²) in [4.78, 5) is 15.9. The fourth-order valence-electron chi connectivity index (χ4n) is 3.03. The highest BCUT2D eigenvalue weighted by Crippen LogP contribution is 2.26. The van der Waals surface area contributed by atoms with Gasteiger partial charge < -0.3 is 30.2 Å². The molecule has 8 nitrogen and oxygen atoms in total. The normalized spacial score (nSPS) is 15.3. The summed E-state index contributed by atoms with van der Waals surface area (Å²) in [5.41, 5.74) is 0.767. The molecule has 1 aromatic carbocycles. The van der Waals surface area contributed by atoms with E-state index in [1.165, 1.54) is 6.26 Å². The van der Waals surface area contributed by atoms with Crippen molar-refractivity contribution in [1.82, 2.24) is 10.6 Å². The molecule has 9 heteroatoms. The molecule has 0 saturated carbocycles. The van der Waals surface area contributed by atoms with Crippen molar-refractivity contribution in [2.24, 2.45) is 4.99 Å². The van der Waals surface area contributed by atoms with Crippen LogP contribution in [-0.4, -0.2) is 43.2 Å². The number of aliphatic imine (C=N–C) groups is 1. The van der Waals surface area contributed by atoms with E-state index in [1.54, 1.807) is 19.1 Å². The van der Waals surface area contributed by atoms with E-state index in [9.17, 15) is 9.90 Å². The molecular weight excluding hydrogens is 499 g/mol. The number of ether oxygens (including phenoxy) is 1. The lowest BCUT2D eigenvalue weighted by Crippen LogP contribution is -2.40. The molecule has 0 spiro atoms. The van der Waals surface area contributed by atoms with Crippen molar-refractivity contribution in [2.45, 2.75) is 32.3 Å². The second-order valence-corrected chi connectivity index (χ2v) is 7.09. The molecular formula is C21H29IN4O4. The van der Waals surface area contributed by atoms with E-state index < -0.39 is 5.60 Å². The standard InChI is InChI=1S/C21H28N4O4.HI/c1-3-22-20(24-14-21(2,27)18-5-4-11-29-18)23-10-12-28-16-7-8-17-15(13-16)6-9-19(26)25-17;/h4-5,7-8,11,13,27H,3,6,9-10,12,14H2,1-2H3,(H,25,26)(H2,22,23,24);1H. The number of rotatable bonds is 8. The number of aryl methyl sites for hydroxylation is 1. The summed E-state index contributed by atoms with van der Waals surface area (Å²) in [5, 5.41) is 19.7. The van der Waals surface area contributed by atoms with Gasteiger partial charge in [0.25, 0.3) is 0 Å². The number of furan rings is 1. The topological polar surface area (TPSA) is 108 Å². The number of hydrogen-bond acceptors (Lipinski definition) is 5. The zero-order valence-electron chi connectivity index (χ0n) is 17.2. The molecule has 4 N–H and O–H groups in total. The summed E-state index contributed by atoms with van der Waals surface area (Å²) in [6.07, 6.45) is 2.76. The Balaban J connectivity index is 0.00000320. The first-order valence-corrected chi connectivity index (χ1v) is 9.82. The second kappa shape index (κ2) is 11.2. The zero-order valence-corrected chi connectivity index (χ0v) is 19.6. The summed E-state index contributed by atoms with van der Waals surface area (Å²) in [6.45, 7) is 5.50. The maximum atomic E-state index is 11.4. The van der Waals surface area contributed by atoms with Crippen LogP contribution in [0.3, 0.4) is 0 Å². The molecule has 0 bridgehead atoms. The monoisotopic (exact) mass is 528 g/mol. The molecule has 2 aromatic rings. The minimum Gasteiger partial charge on any atom is -0.492 e. The van der Waals surface area contributed by atoms with Crippen LogP contribution in [0.5, 0.6) is 5.75 Å². The number of halogens is 1. The predicted octanol–water partition coefficient (Wildman–Crippen LogP) is 2.62. The minimum atomic E-state index is -1.18. The molecule has 1 atom stereocenters. The molecule has 164 valence electrons. The van der Waals surface area contributed by atoms with Gasteiger partial charge in [-0.3, -0.25) is 4.79 Å². The van der Waals surface area contributed by atoms with Gasteiger partial charge in [-0.2, -0.15) is 0 Å². The maximum Gasteiger partial charge on any atom is 0.224 e. The Morgan fingerprint density at radius 2 is 2.17 bits per heavy atom. The van der Waals surface area contributed by atoms with Crippen molar-refractivity contribution in [3.63, 3.8) is 0 Å². The van der Waals surface area contributed by atoms with Crippen LogP contribution < -0.4 is 20.7 Å². The molecule has 30 heavy (non-hydrogen) atoms. The molecule has 0 saturated heterocycles. The summed E-state index contributed by atoms with van der Waals surface area (Å²) in [6, 6.07) is 9.16. The largest absolute Gasteiger partial charge is 0.492 e. The number of carbonyl (C=O) groups is 1. The predicted molar refractivity (Wildman–Crippen MR) is 127 cm³/mol. The lowest BCUT2D eigenvalue weighted by atomic mass is 10.0. The third kappa shape index (κ3) is 6.63. The van der Waals surface area contributed by atoms with E-state index in [-0.39, 0.29) is 36.4 Å². The third-order valence-electron chi connectivity index (χ3n) is 4.58. The molecule has 1 aromatic heterocycles. The quantitative estimate of drug-likeness (QED) is 0.182. The number of amides is 1. The van der Waals surface area contributed by atoms with E-state index >= 15 is 0 Å². The van der Waals surface area contributed by atoms with Crippen LogP contribution in [0.2, 0.25) is 0 Å². The number of aliphatic hydroxyl groups is 1. The van der Waals surface area contributed by atoms with Crippen molar-refractivity contribution in [3.05, 3.63) is 47.9 Å². The van der Waals surface area contributed by atoms with Crippen LogP contribution in [-0.2, 0) is 16.8 Å². The first-order chi connectivity index (χ1) is 14.0. The first-order valence-electron chi connectivity index (χ1n) is 9.82. The van der Waals surface area contributed by atoms with Crippen LogP contribution in [0.15, 0.2) is 46.0 Å². The second-order valence-electron chi connectivity index (χ2n) is 7.09. The van der Waals surface area contributed by atoms with Gasteiger partial charge in [0.1, 0.15) is 23.7 Å². The number of benzene rings is 1. The number of anilines is 1. The highest BCUT2D eigenvalue weighted by atomic mass is 127. The van der Waals surface area contributed by atoms with Gasteiger partial charge in [-0.05, 0) is 56.2 Å². The smallest absolute Gasteiger partial charge is 0.224 e. The molecule has 0 aliphatic carbocycles. The molecule has 1 unspecified atom stereocenters. The average Bonchev–Trinajstić information content (AvgIpc) is 3.25. The summed E-state index contributed by atoms with van der Waals surface area (Å²) in [7, 11) is 0. The van der Waals surface area contributed by atoms with Crippen molar-refractivity contribution in [1.29, 1.82) is 0 Å². The van der Waals surface area contributed by atoms with E-state index in [0.717, 1.165) is 23.4 Å². The Hall–Kier alpha value is -2.27. The fourth-order valence-corrected chi connectivity index (χ4v) is 3.03. The van der Waals surface area contributed by atoms with Gasteiger partial charge in [0, 0.05) is 18.7 Å². The number of hydrogen-bond donors (Lipinski definition) is 4. The Kier molecular flexibility index (Phi) is 8.97. The fraction of sp³-hybridized carbons (Fsp3) is 0.429. The summed E-state index contributed by atoms with van der Waals surface area (Å²) < 4.78 is 11.1. The van der Waals surface area contributed by atoms with E-state index in [1.807, 2.05) is 25.1 Å². The summed E-state index contributed by atoms with van der Waals surface area (Å²) >= 11 is 0. The number of nitrogens with zero attached hydrogens (tertiary/aromatic N) is 1. The van der Waals surface area contributed by atoms with Crippen molar-refractivity contribution < 1.29 is 19.1 Å². The Bertz CT molecular complexity index is 853. The maximum absolute atomic E-state index is 11.4. The van der Waals surface area contributed by atoms with Gasteiger partial charge in [0.15, 0.2) is 5.96 Å². The van der Waals surface area contributed by atoms with Crippen molar-refractivity contribution >= 4 is 41.5 Å². The zero-order chi connectivity index (χ0) is 20.7. The van der Waals surface area contributed by atoms with E-state index in [2.05, 4.69) is 20.9 Å². The number of carbonyl (C=O) groups excluding carboxylic acids is 1. The Morgan fingerprint density at radius 3 is 2.90 bits per heavy atom. The third-order valence-corrected chi connectivity index (χ3v) is 4.58. The van der Waals surface area contributed by atoms with Crippen LogP contribution in [0.25, 0.3) is 0 Å². The van der Waals surface area contributed by atoms with Gasteiger partial charge in [-0.15, -0.1) is 24.0 Å². The van der Waals surface area contributed by atoms with Crippen LogP contribution in [0.4, 0.5) is 5.69 Å². The lowest BCUT2D eigenvalue weighted by Gasteiger charge is -2.20. The van der Waals surface area contributed by atoms with Crippen LogP contribution >= 0.6 is 24.0 Å². The Labute approximate surface area is 193 Å². The highest BCUT2D eigenvalue weighted by Gasteiger charge is 2.26. The lowest BCUT2D eigenvalue weighted by molar-refractivity contribution is -0.116. The van der Waals surface area contributed by atoms with E-state index in [0.29, 0.717) is 37.8 Å². The molecule has 1 aliphatic rings. The molecule has 0 radical (unpaired) electrons. The molecule has 2 heterocycles. The van der Waals surface area contributed by atoms with Gasteiger partial charge in [0.05, 0.1) is 19.4 Å². The average molecular weight is 528 g/mol. The van der Waals surface area contributed by atoms with Crippen molar-refractivity contribution in [2.75, 3.05) is 31.6 Å². The first kappa shape index (κ1) is 24.0.